The number of likely N-dealkylation sites (tertiary alicyclic amines) is 1. The Balaban J connectivity index is 1.65. The first kappa shape index (κ1) is 20.1. The molecule has 1 saturated heterocycles. The Labute approximate surface area is 159 Å². The van der Waals surface area contributed by atoms with E-state index < -0.39 is 17.9 Å². The average Bonchev–Trinajstić information content (AvgIpc) is 2.66. The fraction of sp³-hybridized carbons (Fsp3) is 0.667. The van der Waals surface area contributed by atoms with Crippen LogP contribution in [0.1, 0.15) is 45.1 Å². The van der Waals surface area contributed by atoms with Gasteiger partial charge in [0.1, 0.15) is 12.2 Å². The van der Waals surface area contributed by atoms with Gasteiger partial charge in [0.15, 0.2) is 0 Å². The molecule has 5 atom stereocenters. The molecule has 1 aromatic rings. The molecule has 1 amide bonds. The van der Waals surface area contributed by atoms with Crippen LogP contribution in [0, 0.1) is 17.8 Å². The van der Waals surface area contributed by atoms with Crippen LogP contribution in [-0.4, -0.2) is 40.7 Å². The van der Waals surface area contributed by atoms with E-state index in [1.165, 1.54) is 6.92 Å². The van der Waals surface area contributed by atoms with Gasteiger partial charge in [-0.2, -0.15) is 0 Å². The van der Waals surface area contributed by atoms with Gasteiger partial charge in [-0.15, -0.1) is 0 Å². The lowest BCUT2D eigenvalue weighted by atomic mass is 9.61. The predicted octanol–water partition coefficient (Wildman–Crippen LogP) is 4.47. The Morgan fingerprint density at radius 1 is 1.26 bits per heavy atom. The number of carbonyl (C=O) groups is 1. The third-order valence-corrected chi connectivity index (χ3v) is 6.57. The molecule has 0 radical (unpaired) electrons. The molecular formula is C21H29F2NO3. The molecule has 1 aliphatic carbocycles. The van der Waals surface area contributed by atoms with Gasteiger partial charge in [-0.1, -0.05) is 36.8 Å². The maximum atomic E-state index is 13.4. The fourth-order valence-electron chi connectivity index (χ4n) is 4.98. The number of carbonyl (C=O) groups excluding carboxylic acids is 1. The quantitative estimate of drug-likeness (QED) is 0.837. The Kier molecular flexibility index (Phi) is 6.04. The summed E-state index contributed by atoms with van der Waals surface area (Å²) in [6.45, 7) is 3.93. The van der Waals surface area contributed by atoms with Crippen molar-refractivity contribution >= 4 is 6.09 Å². The highest BCUT2D eigenvalue weighted by Gasteiger charge is 2.51. The number of alkyl halides is 2. The molecule has 1 saturated carbocycles. The number of benzene rings is 1. The summed E-state index contributed by atoms with van der Waals surface area (Å²) in [4.78, 5) is 14.3. The second kappa shape index (κ2) is 8.13. The van der Waals surface area contributed by atoms with Crippen LogP contribution in [0.4, 0.5) is 13.6 Å². The minimum absolute atomic E-state index is 0.0101. The van der Waals surface area contributed by atoms with Crippen LogP contribution in [0.25, 0.3) is 0 Å². The summed E-state index contributed by atoms with van der Waals surface area (Å²) in [6, 6.07) is 9.43. The van der Waals surface area contributed by atoms with E-state index in [1.54, 1.807) is 4.90 Å². The van der Waals surface area contributed by atoms with Crippen LogP contribution in [-0.2, 0) is 11.3 Å². The van der Waals surface area contributed by atoms with Crippen molar-refractivity contribution in [2.24, 2.45) is 17.8 Å². The zero-order valence-corrected chi connectivity index (χ0v) is 16.0. The van der Waals surface area contributed by atoms with E-state index >= 15 is 0 Å². The van der Waals surface area contributed by atoms with Crippen molar-refractivity contribution in [3.05, 3.63) is 35.9 Å². The highest BCUT2D eigenvalue weighted by molar-refractivity contribution is 5.68. The average molecular weight is 381 g/mol. The highest BCUT2D eigenvalue weighted by Crippen LogP contribution is 2.48. The largest absolute Gasteiger partial charge is 0.445 e. The number of nitrogens with zero attached hydrogens (tertiary/aromatic N) is 1. The predicted molar refractivity (Wildman–Crippen MR) is 98.4 cm³/mol. The molecule has 0 unspecified atom stereocenters. The van der Waals surface area contributed by atoms with Crippen LogP contribution < -0.4 is 0 Å². The molecule has 0 bridgehead atoms. The molecule has 27 heavy (non-hydrogen) atoms. The van der Waals surface area contributed by atoms with E-state index in [9.17, 15) is 18.7 Å². The van der Waals surface area contributed by atoms with Crippen LogP contribution in [0.2, 0.25) is 0 Å². The van der Waals surface area contributed by atoms with Gasteiger partial charge in [0.25, 0.3) is 6.43 Å². The number of piperidine rings is 1. The first-order valence-electron chi connectivity index (χ1n) is 9.80. The number of ether oxygens (including phenoxy) is 1. The van der Waals surface area contributed by atoms with Crippen LogP contribution in [0.3, 0.4) is 0 Å². The number of halogens is 2. The molecular weight excluding hydrogens is 352 g/mol. The zero-order chi connectivity index (χ0) is 19.6. The molecule has 1 aliphatic heterocycles. The van der Waals surface area contributed by atoms with Gasteiger partial charge < -0.3 is 14.7 Å². The topological polar surface area (TPSA) is 49.8 Å². The normalized spacial score (nSPS) is 30.5. The van der Waals surface area contributed by atoms with Crippen LogP contribution >= 0.6 is 0 Å². The van der Waals surface area contributed by atoms with Gasteiger partial charge in [-0.05, 0) is 56.4 Å². The SMILES string of the molecule is C[C@H]1[C@H]2CCC[C@@H]([C@](C)(O)C(F)F)[C@@H]2CCN1C(=O)OCc1ccccc1. The fourth-order valence-corrected chi connectivity index (χ4v) is 4.98. The first-order valence-corrected chi connectivity index (χ1v) is 9.80. The summed E-state index contributed by atoms with van der Waals surface area (Å²) in [5.41, 5.74) is -1.04. The lowest BCUT2D eigenvalue weighted by Gasteiger charge is -2.52. The summed E-state index contributed by atoms with van der Waals surface area (Å²) in [5, 5.41) is 10.4. The van der Waals surface area contributed by atoms with Crippen molar-refractivity contribution in [2.45, 2.75) is 64.2 Å². The van der Waals surface area contributed by atoms with E-state index in [1.807, 2.05) is 37.3 Å². The molecule has 1 aromatic carbocycles. The Bertz CT molecular complexity index is 638. The molecule has 4 nitrogen and oxygen atoms in total. The molecule has 1 N–H and O–H groups in total. The molecule has 0 spiro atoms. The second-order valence-electron chi connectivity index (χ2n) is 8.15. The Hall–Kier alpha value is -1.69. The van der Waals surface area contributed by atoms with E-state index in [0.29, 0.717) is 19.4 Å². The van der Waals surface area contributed by atoms with Gasteiger partial charge in [0.2, 0.25) is 0 Å². The van der Waals surface area contributed by atoms with Gasteiger partial charge in [-0.3, -0.25) is 0 Å². The molecule has 3 rings (SSSR count). The van der Waals surface area contributed by atoms with Crippen LogP contribution in [0.15, 0.2) is 30.3 Å². The van der Waals surface area contributed by atoms with Gasteiger partial charge in [0.05, 0.1) is 0 Å². The van der Waals surface area contributed by atoms with E-state index in [-0.39, 0.29) is 30.6 Å². The van der Waals surface area contributed by atoms with Crippen molar-refractivity contribution in [2.75, 3.05) is 6.54 Å². The van der Waals surface area contributed by atoms with Gasteiger partial charge in [0, 0.05) is 12.6 Å². The molecule has 0 aromatic heterocycles. The molecule has 2 aliphatic rings. The van der Waals surface area contributed by atoms with Crippen molar-refractivity contribution in [1.82, 2.24) is 4.90 Å². The van der Waals surface area contributed by atoms with Crippen molar-refractivity contribution in [3.8, 4) is 0 Å². The number of hydrogen-bond acceptors (Lipinski definition) is 3. The molecule has 150 valence electrons. The lowest BCUT2D eigenvalue weighted by Crippen LogP contribution is -2.57. The smallest absolute Gasteiger partial charge is 0.410 e. The third kappa shape index (κ3) is 4.10. The Morgan fingerprint density at radius 3 is 2.63 bits per heavy atom. The van der Waals surface area contributed by atoms with Crippen LogP contribution in [0.5, 0.6) is 0 Å². The summed E-state index contributed by atoms with van der Waals surface area (Å²) in [6.07, 6.45) is -0.180. The van der Waals surface area contributed by atoms with E-state index in [0.717, 1.165) is 18.4 Å². The van der Waals surface area contributed by atoms with E-state index in [4.69, 9.17) is 4.74 Å². The monoisotopic (exact) mass is 381 g/mol. The number of aliphatic hydroxyl groups is 1. The highest BCUT2D eigenvalue weighted by atomic mass is 19.3. The maximum Gasteiger partial charge on any atom is 0.410 e. The standard InChI is InChI=1S/C21H29F2NO3/c1-14-16-9-6-10-18(21(2,26)19(22)23)17(16)11-12-24(14)20(25)27-13-15-7-4-3-5-8-15/h3-5,7-8,14,16-19,26H,6,9-13H2,1-2H3/t14-,16+,17+,18+,21-/m0/s1. The second-order valence-corrected chi connectivity index (χ2v) is 8.15. The molecule has 6 heteroatoms. The Morgan fingerprint density at radius 2 is 1.96 bits per heavy atom. The number of rotatable bonds is 4. The number of fused-ring (bicyclic) bond motifs is 1. The first-order chi connectivity index (χ1) is 12.8. The number of hydrogen-bond donors (Lipinski definition) is 1. The zero-order valence-electron chi connectivity index (χ0n) is 16.0. The third-order valence-electron chi connectivity index (χ3n) is 6.57. The summed E-state index contributed by atoms with van der Waals surface area (Å²) < 4.78 is 32.2. The summed E-state index contributed by atoms with van der Waals surface area (Å²) in [7, 11) is 0. The van der Waals surface area contributed by atoms with Crippen molar-refractivity contribution in [1.29, 1.82) is 0 Å². The number of amides is 1. The van der Waals surface area contributed by atoms with Crippen molar-refractivity contribution < 1.29 is 23.4 Å². The van der Waals surface area contributed by atoms with Gasteiger partial charge in [-0.25, -0.2) is 13.6 Å². The van der Waals surface area contributed by atoms with E-state index in [2.05, 4.69) is 0 Å². The van der Waals surface area contributed by atoms with Gasteiger partial charge >= 0.3 is 6.09 Å². The minimum Gasteiger partial charge on any atom is -0.445 e. The molecule has 2 fully saturated rings. The maximum absolute atomic E-state index is 13.4. The molecule has 1 heterocycles. The lowest BCUT2D eigenvalue weighted by molar-refractivity contribution is -0.159. The summed E-state index contributed by atoms with van der Waals surface area (Å²) in [5.74, 6) is -0.302. The minimum atomic E-state index is -2.76. The summed E-state index contributed by atoms with van der Waals surface area (Å²) >= 11 is 0. The van der Waals surface area contributed by atoms with Crippen molar-refractivity contribution in [3.63, 3.8) is 0 Å².